The van der Waals surface area contributed by atoms with Crippen LogP contribution in [0, 0.1) is 0 Å². The predicted molar refractivity (Wildman–Crippen MR) is 49.5 cm³/mol. The van der Waals surface area contributed by atoms with Gasteiger partial charge in [-0.2, -0.15) is 0 Å². The predicted octanol–water partition coefficient (Wildman–Crippen LogP) is 3.68. The highest BCUT2D eigenvalue weighted by atomic mass is 79.9. The topological polar surface area (TPSA) is 12.9 Å². The maximum Gasteiger partial charge on any atom is 0.264 e. The van der Waals surface area contributed by atoms with Crippen molar-refractivity contribution in [3.8, 4) is 0 Å². The zero-order chi connectivity index (χ0) is 9.14. The summed E-state index contributed by atoms with van der Waals surface area (Å²) in [5.74, 6) is 0. The van der Waals surface area contributed by atoms with E-state index < -0.39 is 6.43 Å². The Bertz CT molecular complexity index is 278. The van der Waals surface area contributed by atoms with Gasteiger partial charge in [-0.15, -0.1) is 0 Å². The quantitative estimate of drug-likeness (QED) is 0.600. The number of alkyl halides is 3. The molecular formula is C7H5Br2F2N. The number of hydrogen-bond donors (Lipinski definition) is 0. The molecule has 0 aliphatic carbocycles. The Balaban J connectivity index is 3.18. The van der Waals surface area contributed by atoms with Crippen LogP contribution in [0.15, 0.2) is 16.9 Å². The van der Waals surface area contributed by atoms with Crippen LogP contribution in [0.3, 0.4) is 0 Å². The van der Waals surface area contributed by atoms with Gasteiger partial charge >= 0.3 is 0 Å². The summed E-state index contributed by atoms with van der Waals surface area (Å²) in [5, 5.41) is 0.376. The zero-order valence-electron chi connectivity index (χ0n) is 5.90. The highest BCUT2D eigenvalue weighted by Gasteiger charge is 2.14. The summed E-state index contributed by atoms with van der Waals surface area (Å²) >= 11 is 6.23. The molecule has 1 heterocycles. The van der Waals surface area contributed by atoms with Crippen LogP contribution in [0.25, 0.3) is 0 Å². The molecule has 0 saturated carbocycles. The fraction of sp³-hybridized carbons (Fsp3) is 0.286. The summed E-state index contributed by atoms with van der Waals surface area (Å²) in [6, 6.07) is 1.33. The van der Waals surface area contributed by atoms with Crippen molar-refractivity contribution in [3.63, 3.8) is 0 Å². The number of hydrogen-bond acceptors (Lipinski definition) is 1. The van der Waals surface area contributed by atoms with Crippen molar-refractivity contribution in [1.82, 2.24) is 4.98 Å². The average molecular weight is 301 g/mol. The van der Waals surface area contributed by atoms with Gasteiger partial charge in [0.2, 0.25) is 0 Å². The maximum absolute atomic E-state index is 12.3. The third kappa shape index (κ3) is 2.01. The van der Waals surface area contributed by atoms with Crippen LogP contribution in [-0.2, 0) is 5.33 Å². The molecular weight excluding hydrogens is 296 g/mol. The third-order valence-corrected chi connectivity index (χ3v) is 2.65. The number of rotatable bonds is 2. The van der Waals surface area contributed by atoms with E-state index in [1.165, 1.54) is 12.3 Å². The summed E-state index contributed by atoms with van der Waals surface area (Å²) in [4.78, 5) is 3.85. The van der Waals surface area contributed by atoms with Gasteiger partial charge in [0.25, 0.3) is 6.43 Å². The smallest absolute Gasteiger partial charge is 0.249 e. The lowest BCUT2D eigenvalue weighted by molar-refractivity contribution is 0.150. The molecule has 0 aromatic carbocycles. The van der Waals surface area contributed by atoms with Crippen molar-refractivity contribution in [1.29, 1.82) is 0 Å². The zero-order valence-corrected chi connectivity index (χ0v) is 9.07. The van der Waals surface area contributed by atoms with Crippen LogP contribution < -0.4 is 0 Å². The number of nitrogens with zero attached hydrogens (tertiary/aromatic N) is 1. The molecule has 0 aliphatic rings. The minimum absolute atomic E-state index is 0.0220. The Morgan fingerprint density at radius 2 is 2.17 bits per heavy atom. The maximum atomic E-state index is 12.3. The summed E-state index contributed by atoms with van der Waals surface area (Å²) in [5.41, 5.74) is 0.529. The molecule has 0 atom stereocenters. The van der Waals surface area contributed by atoms with Crippen LogP contribution in [0.5, 0.6) is 0 Å². The third-order valence-electron chi connectivity index (χ3n) is 1.41. The van der Waals surface area contributed by atoms with Crippen molar-refractivity contribution in [2.45, 2.75) is 11.8 Å². The summed E-state index contributed by atoms with van der Waals surface area (Å²) < 4.78 is 25.1. The Morgan fingerprint density at radius 1 is 1.50 bits per heavy atom. The first-order valence-corrected chi connectivity index (χ1v) is 5.05. The fourth-order valence-electron chi connectivity index (χ4n) is 0.817. The SMILES string of the molecule is FC(F)c1ccnc(Br)c1CBr. The summed E-state index contributed by atoms with van der Waals surface area (Å²) in [6.07, 6.45) is -1.09. The minimum Gasteiger partial charge on any atom is -0.249 e. The molecule has 1 nitrogen and oxygen atoms in total. The highest BCUT2D eigenvalue weighted by molar-refractivity contribution is 9.10. The van der Waals surface area contributed by atoms with E-state index in [2.05, 4.69) is 36.8 Å². The molecule has 0 saturated heterocycles. The van der Waals surface area contributed by atoms with E-state index in [-0.39, 0.29) is 5.56 Å². The Labute approximate surface area is 85.4 Å². The molecule has 1 aromatic rings. The van der Waals surface area contributed by atoms with Gasteiger partial charge in [-0.1, -0.05) is 15.9 Å². The number of halogens is 4. The molecule has 0 amide bonds. The van der Waals surface area contributed by atoms with Crippen LogP contribution in [-0.4, -0.2) is 4.98 Å². The monoisotopic (exact) mass is 299 g/mol. The number of aromatic nitrogens is 1. The first-order valence-electron chi connectivity index (χ1n) is 3.14. The second-order valence-corrected chi connectivity index (χ2v) is 3.42. The Hall–Kier alpha value is -0.0300. The molecule has 0 spiro atoms. The minimum atomic E-state index is -2.45. The number of pyridine rings is 1. The normalized spacial score (nSPS) is 10.8. The molecule has 5 heteroatoms. The van der Waals surface area contributed by atoms with Crippen LogP contribution >= 0.6 is 31.9 Å². The lowest BCUT2D eigenvalue weighted by Crippen LogP contribution is -1.94. The van der Waals surface area contributed by atoms with Crippen molar-refractivity contribution in [3.05, 3.63) is 28.0 Å². The second kappa shape index (κ2) is 4.28. The van der Waals surface area contributed by atoms with Crippen molar-refractivity contribution in [2.75, 3.05) is 0 Å². The van der Waals surface area contributed by atoms with Gasteiger partial charge in [-0.25, -0.2) is 13.8 Å². The molecule has 1 aromatic heterocycles. The van der Waals surface area contributed by atoms with E-state index in [4.69, 9.17) is 0 Å². The molecule has 0 aliphatic heterocycles. The van der Waals surface area contributed by atoms with Crippen LogP contribution in [0.1, 0.15) is 17.6 Å². The van der Waals surface area contributed by atoms with Gasteiger partial charge in [-0.3, -0.25) is 0 Å². The van der Waals surface area contributed by atoms with Gasteiger partial charge in [0.15, 0.2) is 0 Å². The summed E-state index contributed by atoms with van der Waals surface area (Å²) in [7, 11) is 0. The Kier molecular flexibility index (Phi) is 3.58. The highest BCUT2D eigenvalue weighted by Crippen LogP contribution is 2.28. The molecule has 12 heavy (non-hydrogen) atoms. The van der Waals surface area contributed by atoms with Gasteiger partial charge < -0.3 is 0 Å². The molecule has 0 bridgehead atoms. The largest absolute Gasteiger partial charge is 0.264 e. The van der Waals surface area contributed by atoms with Gasteiger partial charge in [0.05, 0.1) is 0 Å². The standard InChI is InChI=1S/C7H5Br2F2N/c8-3-5-4(7(10)11)1-2-12-6(5)9/h1-2,7H,3H2. The molecule has 0 fully saturated rings. The van der Waals surface area contributed by atoms with E-state index in [0.29, 0.717) is 15.5 Å². The molecule has 0 unspecified atom stereocenters. The van der Waals surface area contributed by atoms with E-state index in [9.17, 15) is 8.78 Å². The first kappa shape index (κ1) is 10.1. The van der Waals surface area contributed by atoms with Gasteiger partial charge in [0, 0.05) is 22.7 Å². The molecule has 66 valence electrons. The molecule has 0 N–H and O–H groups in total. The van der Waals surface area contributed by atoms with Gasteiger partial charge in [-0.05, 0) is 22.0 Å². The van der Waals surface area contributed by atoms with E-state index in [1.54, 1.807) is 0 Å². The van der Waals surface area contributed by atoms with Crippen molar-refractivity contribution in [2.24, 2.45) is 0 Å². The average Bonchev–Trinajstić information content (AvgIpc) is 2.03. The van der Waals surface area contributed by atoms with Crippen LogP contribution in [0.2, 0.25) is 0 Å². The molecule has 1 rings (SSSR count). The first-order chi connectivity index (χ1) is 5.66. The van der Waals surface area contributed by atoms with Crippen molar-refractivity contribution >= 4 is 31.9 Å². The fourth-order valence-corrected chi connectivity index (χ4v) is 2.27. The second-order valence-electron chi connectivity index (χ2n) is 2.10. The molecule has 0 radical (unpaired) electrons. The van der Waals surface area contributed by atoms with E-state index >= 15 is 0 Å². The lowest BCUT2D eigenvalue weighted by atomic mass is 10.2. The Morgan fingerprint density at radius 3 is 2.58 bits per heavy atom. The lowest BCUT2D eigenvalue weighted by Gasteiger charge is -2.06. The van der Waals surface area contributed by atoms with E-state index in [0.717, 1.165) is 0 Å². The van der Waals surface area contributed by atoms with Crippen molar-refractivity contribution < 1.29 is 8.78 Å². The summed E-state index contributed by atoms with van der Waals surface area (Å²) in [6.45, 7) is 0. The van der Waals surface area contributed by atoms with E-state index in [1.807, 2.05) is 0 Å². The van der Waals surface area contributed by atoms with Gasteiger partial charge in [0.1, 0.15) is 4.60 Å². The van der Waals surface area contributed by atoms with Crippen LogP contribution in [0.4, 0.5) is 8.78 Å².